The van der Waals surface area contributed by atoms with E-state index in [1.807, 2.05) is 0 Å². The van der Waals surface area contributed by atoms with Crippen molar-refractivity contribution in [2.24, 2.45) is 5.41 Å². The van der Waals surface area contributed by atoms with E-state index >= 15 is 0 Å². The van der Waals surface area contributed by atoms with Gasteiger partial charge in [0.15, 0.2) is 0 Å². The zero-order valence-corrected chi connectivity index (χ0v) is 13.2. The van der Waals surface area contributed by atoms with Gasteiger partial charge in [-0.05, 0) is 35.9 Å². The first-order valence-electron chi connectivity index (χ1n) is 7.05. The van der Waals surface area contributed by atoms with E-state index in [-0.39, 0.29) is 10.7 Å². The Kier molecular flexibility index (Phi) is 4.46. The lowest BCUT2D eigenvalue weighted by Gasteiger charge is -2.29. The molecule has 0 fully saturated rings. The van der Waals surface area contributed by atoms with Crippen molar-refractivity contribution < 1.29 is 4.21 Å². The minimum absolute atomic E-state index is 0.262. The molecule has 1 aromatic carbocycles. The standard InChI is InChI=1S/C16H25NOS/c1-12(19(4)18)9-10-17-15-14-8-6-5-7-13(14)11-16(15,2)3/h5-8,12,15,17H,9-11H2,1-4H3. The van der Waals surface area contributed by atoms with Crippen molar-refractivity contribution in [3.8, 4) is 0 Å². The third-order valence-electron chi connectivity index (χ3n) is 4.26. The van der Waals surface area contributed by atoms with Crippen LogP contribution in [0, 0.1) is 5.41 Å². The van der Waals surface area contributed by atoms with Gasteiger partial charge in [0.1, 0.15) is 0 Å². The normalized spacial score (nSPS) is 23.9. The second-order valence-corrected chi connectivity index (χ2v) is 8.15. The van der Waals surface area contributed by atoms with Crippen LogP contribution in [0.4, 0.5) is 0 Å². The summed E-state index contributed by atoms with van der Waals surface area (Å²) in [6, 6.07) is 9.14. The Bertz CT molecular complexity index is 470. The number of rotatable bonds is 5. The summed E-state index contributed by atoms with van der Waals surface area (Å²) in [4.78, 5) is 0. The minimum Gasteiger partial charge on any atom is -0.309 e. The van der Waals surface area contributed by atoms with Gasteiger partial charge in [-0.3, -0.25) is 4.21 Å². The topological polar surface area (TPSA) is 29.1 Å². The van der Waals surface area contributed by atoms with Gasteiger partial charge >= 0.3 is 0 Å². The molecule has 0 aliphatic heterocycles. The van der Waals surface area contributed by atoms with Crippen molar-refractivity contribution >= 4 is 10.8 Å². The van der Waals surface area contributed by atoms with Gasteiger partial charge in [0, 0.05) is 28.3 Å². The highest BCUT2D eigenvalue weighted by Crippen LogP contribution is 2.44. The lowest BCUT2D eigenvalue weighted by atomic mass is 9.85. The van der Waals surface area contributed by atoms with Crippen molar-refractivity contribution in [2.75, 3.05) is 12.8 Å². The van der Waals surface area contributed by atoms with Gasteiger partial charge in [-0.15, -0.1) is 0 Å². The molecular weight excluding hydrogens is 254 g/mol. The Balaban J connectivity index is 2.01. The van der Waals surface area contributed by atoms with E-state index in [9.17, 15) is 4.21 Å². The van der Waals surface area contributed by atoms with Crippen LogP contribution in [0.5, 0.6) is 0 Å². The third-order valence-corrected chi connectivity index (χ3v) is 5.63. The Morgan fingerprint density at radius 3 is 2.79 bits per heavy atom. The molecule has 19 heavy (non-hydrogen) atoms. The van der Waals surface area contributed by atoms with Crippen LogP contribution in [-0.4, -0.2) is 22.3 Å². The quantitative estimate of drug-likeness (QED) is 0.897. The van der Waals surface area contributed by atoms with Crippen LogP contribution in [0.2, 0.25) is 0 Å². The lowest BCUT2D eigenvalue weighted by molar-refractivity contribution is 0.269. The van der Waals surface area contributed by atoms with Crippen LogP contribution in [0.25, 0.3) is 0 Å². The van der Waals surface area contributed by atoms with E-state index in [1.54, 1.807) is 6.26 Å². The molecule has 1 N–H and O–H groups in total. The highest BCUT2D eigenvalue weighted by molar-refractivity contribution is 7.84. The molecule has 3 heteroatoms. The third kappa shape index (κ3) is 3.26. The Morgan fingerprint density at radius 2 is 2.11 bits per heavy atom. The minimum atomic E-state index is -0.718. The SMILES string of the molecule is CC(CCNC1c2ccccc2CC1(C)C)S(C)=O. The molecule has 2 rings (SSSR count). The molecular formula is C16H25NOS. The molecule has 0 saturated carbocycles. The Morgan fingerprint density at radius 1 is 1.42 bits per heavy atom. The molecule has 1 aliphatic carbocycles. The Labute approximate surface area is 119 Å². The predicted octanol–water partition coefficient (Wildman–Crippen LogP) is 3.06. The summed E-state index contributed by atoms with van der Waals surface area (Å²) in [5, 5.41) is 3.95. The van der Waals surface area contributed by atoms with Gasteiger partial charge in [0.05, 0.1) is 0 Å². The molecule has 3 unspecified atom stereocenters. The summed E-state index contributed by atoms with van der Waals surface area (Å²) in [7, 11) is -0.718. The summed E-state index contributed by atoms with van der Waals surface area (Å²) < 4.78 is 11.4. The molecule has 0 saturated heterocycles. The molecule has 0 aromatic heterocycles. The van der Waals surface area contributed by atoms with E-state index < -0.39 is 10.8 Å². The molecule has 0 spiro atoms. The Hall–Kier alpha value is -0.670. The van der Waals surface area contributed by atoms with Gasteiger partial charge in [-0.2, -0.15) is 0 Å². The first-order chi connectivity index (χ1) is 8.92. The number of hydrogen-bond donors (Lipinski definition) is 1. The van der Waals surface area contributed by atoms with Crippen molar-refractivity contribution in [1.29, 1.82) is 0 Å². The first-order valence-corrected chi connectivity index (χ1v) is 8.67. The molecule has 1 aromatic rings. The van der Waals surface area contributed by atoms with E-state index in [0.717, 1.165) is 19.4 Å². The first kappa shape index (κ1) is 14.7. The van der Waals surface area contributed by atoms with E-state index in [4.69, 9.17) is 0 Å². The molecule has 0 radical (unpaired) electrons. The zero-order valence-electron chi connectivity index (χ0n) is 12.4. The monoisotopic (exact) mass is 279 g/mol. The van der Waals surface area contributed by atoms with Crippen LogP contribution in [0.15, 0.2) is 24.3 Å². The number of fused-ring (bicyclic) bond motifs is 1. The second-order valence-electron chi connectivity index (χ2n) is 6.35. The maximum atomic E-state index is 11.4. The molecule has 0 bridgehead atoms. The summed E-state index contributed by atoms with van der Waals surface area (Å²) in [5.41, 5.74) is 3.17. The highest BCUT2D eigenvalue weighted by atomic mass is 32.2. The van der Waals surface area contributed by atoms with E-state index in [1.165, 1.54) is 11.1 Å². The van der Waals surface area contributed by atoms with Gasteiger partial charge in [-0.25, -0.2) is 0 Å². The van der Waals surface area contributed by atoms with Crippen LogP contribution in [0.3, 0.4) is 0 Å². The largest absolute Gasteiger partial charge is 0.309 e. The van der Waals surface area contributed by atoms with Gasteiger partial charge < -0.3 is 5.32 Å². The number of nitrogens with one attached hydrogen (secondary N) is 1. The smallest absolute Gasteiger partial charge is 0.0377 e. The number of benzene rings is 1. The maximum Gasteiger partial charge on any atom is 0.0377 e. The average molecular weight is 279 g/mol. The van der Waals surface area contributed by atoms with Crippen molar-refractivity contribution in [1.82, 2.24) is 5.32 Å². The predicted molar refractivity (Wildman–Crippen MR) is 82.8 cm³/mol. The van der Waals surface area contributed by atoms with Crippen molar-refractivity contribution in [3.63, 3.8) is 0 Å². The molecule has 3 atom stereocenters. The maximum absolute atomic E-state index is 11.4. The summed E-state index contributed by atoms with van der Waals surface area (Å²) in [6.07, 6.45) is 3.90. The fourth-order valence-electron chi connectivity index (χ4n) is 2.97. The fraction of sp³-hybridized carbons (Fsp3) is 0.625. The summed E-state index contributed by atoms with van der Waals surface area (Å²) in [6.45, 7) is 7.65. The lowest BCUT2D eigenvalue weighted by Crippen LogP contribution is -2.33. The van der Waals surface area contributed by atoms with E-state index in [0.29, 0.717) is 6.04 Å². The van der Waals surface area contributed by atoms with Gasteiger partial charge in [0.2, 0.25) is 0 Å². The molecule has 2 nitrogen and oxygen atoms in total. The zero-order chi connectivity index (χ0) is 14.0. The highest BCUT2D eigenvalue weighted by Gasteiger charge is 2.38. The molecule has 106 valence electrons. The van der Waals surface area contributed by atoms with Crippen LogP contribution < -0.4 is 5.32 Å². The van der Waals surface area contributed by atoms with Gasteiger partial charge in [0.25, 0.3) is 0 Å². The number of hydrogen-bond acceptors (Lipinski definition) is 2. The fourth-order valence-corrected chi connectivity index (χ4v) is 3.42. The van der Waals surface area contributed by atoms with E-state index in [2.05, 4.69) is 50.4 Å². The molecule has 0 amide bonds. The molecule has 1 aliphatic rings. The second kappa shape index (κ2) is 5.76. The summed E-state index contributed by atoms with van der Waals surface area (Å²) in [5.74, 6) is 0. The molecule has 0 heterocycles. The van der Waals surface area contributed by atoms with Crippen LogP contribution in [-0.2, 0) is 17.2 Å². The van der Waals surface area contributed by atoms with Gasteiger partial charge in [-0.1, -0.05) is 45.0 Å². The van der Waals surface area contributed by atoms with Crippen LogP contribution in [0.1, 0.15) is 44.4 Å². The average Bonchev–Trinajstić information content (AvgIpc) is 2.60. The van der Waals surface area contributed by atoms with Crippen molar-refractivity contribution in [3.05, 3.63) is 35.4 Å². The summed E-state index contributed by atoms with van der Waals surface area (Å²) >= 11 is 0. The van der Waals surface area contributed by atoms with Crippen molar-refractivity contribution in [2.45, 2.75) is 44.9 Å². The van der Waals surface area contributed by atoms with Crippen LogP contribution >= 0.6 is 0 Å².